The van der Waals surface area contributed by atoms with Crippen LogP contribution in [0.15, 0.2) is 12.4 Å². The number of nitrogens with zero attached hydrogens (tertiary/aromatic N) is 2. The van der Waals surface area contributed by atoms with E-state index in [1.807, 2.05) is 17.9 Å². The minimum atomic E-state index is 0.402. The molecule has 1 heterocycles. The zero-order valence-corrected chi connectivity index (χ0v) is 9.32. The van der Waals surface area contributed by atoms with Gasteiger partial charge in [-0.05, 0) is 24.3 Å². The third-order valence-corrected chi connectivity index (χ3v) is 3.32. The number of nitrogens with two attached hydrogens (primary N) is 1. The van der Waals surface area contributed by atoms with E-state index in [0.717, 1.165) is 12.3 Å². The van der Waals surface area contributed by atoms with Gasteiger partial charge in [0.1, 0.15) is 0 Å². The zero-order chi connectivity index (χ0) is 10.7. The van der Waals surface area contributed by atoms with Crippen LogP contribution in [0.25, 0.3) is 0 Å². The van der Waals surface area contributed by atoms with E-state index in [4.69, 9.17) is 5.84 Å². The summed E-state index contributed by atoms with van der Waals surface area (Å²) in [4.78, 5) is 0. The van der Waals surface area contributed by atoms with Crippen molar-refractivity contribution in [2.24, 2.45) is 18.8 Å². The highest BCUT2D eigenvalue weighted by atomic mass is 15.2. The number of aromatic nitrogens is 2. The molecule has 0 radical (unpaired) electrons. The van der Waals surface area contributed by atoms with E-state index in [1.165, 1.54) is 31.2 Å². The number of hydrazine groups is 1. The topological polar surface area (TPSA) is 55.9 Å². The van der Waals surface area contributed by atoms with E-state index < -0.39 is 0 Å². The smallest absolute Gasteiger partial charge is 0.0522 e. The second-order valence-electron chi connectivity index (χ2n) is 4.62. The molecule has 4 nitrogen and oxygen atoms in total. The molecule has 1 aliphatic rings. The van der Waals surface area contributed by atoms with Crippen LogP contribution in [0.3, 0.4) is 0 Å². The molecule has 1 unspecified atom stereocenters. The summed E-state index contributed by atoms with van der Waals surface area (Å²) in [5.74, 6) is 6.47. The van der Waals surface area contributed by atoms with E-state index in [9.17, 15) is 0 Å². The van der Waals surface area contributed by atoms with Crippen LogP contribution in [-0.4, -0.2) is 15.8 Å². The van der Waals surface area contributed by atoms with E-state index in [0.29, 0.717) is 6.04 Å². The zero-order valence-electron chi connectivity index (χ0n) is 9.32. The molecule has 0 bridgehead atoms. The third kappa shape index (κ3) is 2.79. The van der Waals surface area contributed by atoms with Crippen molar-refractivity contribution < 1.29 is 0 Å². The Balaban J connectivity index is 1.84. The molecule has 1 atom stereocenters. The largest absolute Gasteiger partial charge is 0.276 e. The Bertz CT molecular complexity index is 303. The van der Waals surface area contributed by atoms with Crippen LogP contribution in [0.5, 0.6) is 0 Å². The van der Waals surface area contributed by atoms with E-state index in [1.54, 1.807) is 0 Å². The lowest BCUT2D eigenvalue weighted by Gasteiger charge is -2.29. The Morgan fingerprint density at radius 3 is 2.93 bits per heavy atom. The lowest BCUT2D eigenvalue weighted by Crippen LogP contribution is -2.39. The number of hydrogen-bond acceptors (Lipinski definition) is 3. The molecule has 0 aliphatic heterocycles. The van der Waals surface area contributed by atoms with Crippen molar-refractivity contribution >= 4 is 0 Å². The summed E-state index contributed by atoms with van der Waals surface area (Å²) in [6.45, 7) is 0. The molecule has 1 fully saturated rings. The first kappa shape index (κ1) is 10.6. The summed E-state index contributed by atoms with van der Waals surface area (Å²) in [6, 6.07) is 0.402. The highest BCUT2D eigenvalue weighted by Gasteiger charge is 2.21. The second kappa shape index (κ2) is 4.77. The second-order valence-corrected chi connectivity index (χ2v) is 4.62. The quantitative estimate of drug-likeness (QED) is 0.560. The van der Waals surface area contributed by atoms with Crippen LogP contribution in [0.4, 0.5) is 0 Å². The monoisotopic (exact) mass is 208 g/mol. The molecule has 0 amide bonds. The highest BCUT2D eigenvalue weighted by molar-refractivity contribution is 5.06. The van der Waals surface area contributed by atoms with Gasteiger partial charge >= 0.3 is 0 Å². The Morgan fingerprint density at radius 2 is 2.47 bits per heavy atom. The van der Waals surface area contributed by atoms with Gasteiger partial charge in [-0.3, -0.25) is 16.0 Å². The average molecular weight is 208 g/mol. The predicted molar refractivity (Wildman–Crippen MR) is 60.0 cm³/mol. The molecule has 4 heteroatoms. The Labute approximate surface area is 90.8 Å². The summed E-state index contributed by atoms with van der Waals surface area (Å²) in [5, 5.41) is 4.17. The van der Waals surface area contributed by atoms with Crippen LogP contribution in [0, 0.1) is 5.92 Å². The van der Waals surface area contributed by atoms with Gasteiger partial charge in [0.2, 0.25) is 0 Å². The van der Waals surface area contributed by atoms with Gasteiger partial charge in [0, 0.05) is 19.3 Å². The first-order valence-electron chi connectivity index (χ1n) is 5.71. The summed E-state index contributed by atoms with van der Waals surface area (Å²) < 4.78 is 1.84. The van der Waals surface area contributed by atoms with Crippen molar-refractivity contribution in [3.05, 3.63) is 18.0 Å². The van der Waals surface area contributed by atoms with Crippen molar-refractivity contribution in [2.75, 3.05) is 0 Å². The van der Waals surface area contributed by atoms with Crippen LogP contribution in [0.1, 0.15) is 31.2 Å². The van der Waals surface area contributed by atoms with Gasteiger partial charge in [-0.15, -0.1) is 0 Å². The van der Waals surface area contributed by atoms with E-state index >= 15 is 0 Å². The van der Waals surface area contributed by atoms with Gasteiger partial charge in [-0.2, -0.15) is 5.10 Å². The molecule has 84 valence electrons. The van der Waals surface area contributed by atoms with E-state index in [2.05, 4.69) is 16.7 Å². The maximum Gasteiger partial charge on any atom is 0.0522 e. The highest BCUT2D eigenvalue weighted by Crippen LogP contribution is 2.30. The molecule has 0 saturated heterocycles. The summed E-state index contributed by atoms with van der Waals surface area (Å²) in [5.41, 5.74) is 4.19. The van der Waals surface area contributed by atoms with Gasteiger partial charge in [0.05, 0.1) is 6.20 Å². The van der Waals surface area contributed by atoms with Crippen LogP contribution < -0.4 is 11.3 Å². The Kier molecular flexibility index (Phi) is 3.38. The summed E-state index contributed by atoms with van der Waals surface area (Å²) >= 11 is 0. The van der Waals surface area contributed by atoms with Gasteiger partial charge in [0.25, 0.3) is 0 Å². The van der Waals surface area contributed by atoms with Crippen molar-refractivity contribution in [2.45, 2.75) is 38.1 Å². The van der Waals surface area contributed by atoms with Crippen molar-refractivity contribution in [1.82, 2.24) is 15.2 Å². The standard InChI is InChI=1S/C11H20N4/c1-15-8-10(7-13-15)6-11(14-12)5-9-3-2-4-9/h7-9,11,14H,2-6,12H2,1H3. The average Bonchev–Trinajstić information content (AvgIpc) is 2.55. The van der Waals surface area contributed by atoms with Crippen LogP contribution in [0.2, 0.25) is 0 Å². The van der Waals surface area contributed by atoms with Crippen LogP contribution in [-0.2, 0) is 13.5 Å². The normalized spacial score (nSPS) is 18.8. The first-order chi connectivity index (χ1) is 7.28. The summed E-state index contributed by atoms with van der Waals surface area (Å²) in [6.07, 6.45) is 10.3. The fourth-order valence-electron chi connectivity index (χ4n) is 2.20. The SMILES string of the molecule is Cn1cc(CC(CC2CCC2)NN)cn1. The Morgan fingerprint density at radius 1 is 1.67 bits per heavy atom. The fraction of sp³-hybridized carbons (Fsp3) is 0.727. The van der Waals surface area contributed by atoms with Gasteiger partial charge in [-0.25, -0.2) is 0 Å². The molecule has 0 aromatic carbocycles. The molecule has 1 aromatic heterocycles. The minimum absolute atomic E-state index is 0.402. The number of hydrogen-bond donors (Lipinski definition) is 2. The van der Waals surface area contributed by atoms with Gasteiger partial charge in [-0.1, -0.05) is 19.3 Å². The maximum absolute atomic E-state index is 5.58. The van der Waals surface area contributed by atoms with Crippen molar-refractivity contribution in [1.29, 1.82) is 0 Å². The van der Waals surface area contributed by atoms with Crippen LogP contribution >= 0.6 is 0 Å². The summed E-state index contributed by atoms with van der Waals surface area (Å²) in [7, 11) is 1.94. The number of rotatable bonds is 5. The third-order valence-electron chi connectivity index (χ3n) is 3.32. The minimum Gasteiger partial charge on any atom is -0.276 e. The lowest BCUT2D eigenvalue weighted by atomic mass is 9.80. The molecular weight excluding hydrogens is 188 g/mol. The molecule has 1 aromatic rings. The number of aryl methyl sites for hydroxylation is 1. The van der Waals surface area contributed by atoms with Crippen molar-refractivity contribution in [3.63, 3.8) is 0 Å². The molecular formula is C11H20N4. The number of nitrogens with one attached hydrogen (secondary N) is 1. The molecule has 2 rings (SSSR count). The maximum atomic E-state index is 5.58. The van der Waals surface area contributed by atoms with Crippen molar-refractivity contribution in [3.8, 4) is 0 Å². The first-order valence-corrected chi connectivity index (χ1v) is 5.71. The molecule has 3 N–H and O–H groups in total. The van der Waals surface area contributed by atoms with Gasteiger partial charge < -0.3 is 0 Å². The van der Waals surface area contributed by atoms with E-state index in [-0.39, 0.29) is 0 Å². The Hall–Kier alpha value is -0.870. The van der Waals surface area contributed by atoms with Gasteiger partial charge in [0.15, 0.2) is 0 Å². The molecule has 15 heavy (non-hydrogen) atoms. The molecule has 1 aliphatic carbocycles. The predicted octanol–water partition coefficient (Wildman–Crippen LogP) is 0.985. The molecule has 0 spiro atoms. The molecule has 1 saturated carbocycles. The fourth-order valence-corrected chi connectivity index (χ4v) is 2.20. The lowest BCUT2D eigenvalue weighted by molar-refractivity contribution is 0.259.